The van der Waals surface area contributed by atoms with E-state index in [2.05, 4.69) is 0 Å². The Hall–Kier alpha value is -1.56. The largest absolute Gasteiger partial charge is 0.481 e. The molecule has 1 aliphatic heterocycles. The predicted molar refractivity (Wildman–Crippen MR) is 68.1 cm³/mol. The Morgan fingerprint density at radius 3 is 2.67 bits per heavy atom. The highest BCUT2D eigenvalue weighted by atomic mass is 32.2. The summed E-state index contributed by atoms with van der Waals surface area (Å²) >= 11 is 0. The first-order chi connectivity index (χ1) is 8.50. The molecule has 1 N–H and O–H groups in total. The topological polar surface area (TPSA) is 74.7 Å². The number of carboxylic acid groups (broad SMARTS) is 1. The highest BCUT2D eigenvalue weighted by molar-refractivity contribution is 7.93. The van der Waals surface area contributed by atoms with Gasteiger partial charge in [-0.3, -0.25) is 9.10 Å². The molecule has 0 bridgehead atoms. The van der Waals surface area contributed by atoms with Gasteiger partial charge in [-0.25, -0.2) is 8.42 Å². The van der Waals surface area contributed by atoms with Gasteiger partial charge in [0, 0.05) is 13.0 Å². The molecule has 1 saturated heterocycles. The van der Waals surface area contributed by atoms with Crippen molar-refractivity contribution in [2.75, 3.05) is 16.6 Å². The minimum absolute atomic E-state index is 0.00486. The molecule has 0 spiro atoms. The lowest BCUT2D eigenvalue weighted by Crippen LogP contribution is -2.26. The molecule has 5 nitrogen and oxygen atoms in total. The molecular formula is C12H15NO4S. The molecule has 18 heavy (non-hydrogen) atoms. The Bertz CT molecular complexity index is 553. The highest BCUT2D eigenvalue weighted by Gasteiger charge is 2.29. The van der Waals surface area contributed by atoms with E-state index in [0.717, 1.165) is 5.56 Å². The van der Waals surface area contributed by atoms with Crippen molar-refractivity contribution in [3.63, 3.8) is 0 Å². The minimum atomic E-state index is -3.22. The molecule has 0 radical (unpaired) electrons. The van der Waals surface area contributed by atoms with Crippen LogP contribution < -0.4 is 4.31 Å². The Morgan fingerprint density at radius 1 is 1.33 bits per heavy atom. The second-order valence-corrected chi connectivity index (χ2v) is 6.28. The van der Waals surface area contributed by atoms with E-state index >= 15 is 0 Å². The average Bonchev–Trinajstić information content (AvgIpc) is 2.66. The Morgan fingerprint density at radius 2 is 2.06 bits per heavy atom. The maximum absolute atomic E-state index is 11.9. The summed E-state index contributed by atoms with van der Waals surface area (Å²) in [5.41, 5.74) is 1.39. The summed E-state index contributed by atoms with van der Waals surface area (Å²) in [6.45, 7) is 0.479. The van der Waals surface area contributed by atoms with E-state index in [1.54, 1.807) is 24.3 Å². The molecule has 0 amide bonds. The van der Waals surface area contributed by atoms with Crippen LogP contribution in [0.5, 0.6) is 0 Å². The fourth-order valence-corrected chi connectivity index (χ4v) is 3.72. The van der Waals surface area contributed by atoms with Crippen LogP contribution >= 0.6 is 0 Å². The number of anilines is 1. The lowest BCUT2D eigenvalue weighted by molar-refractivity contribution is -0.136. The maximum atomic E-state index is 11.9. The number of carboxylic acids is 1. The first-order valence-corrected chi connectivity index (χ1v) is 7.42. The number of benzene rings is 1. The summed E-state index contributed by atoms with van der Waals surface area (Å²) in [5, 5.41) is 8.70. The number of aliphatic carboxylic acids is 1. The molecular weight excluding hydrogens is 254 g/mol. The quantitative estimate of drug-likeness (QED) is 0.892. The number of hydrogen-bond acceptors (Lipinski definition) is 3. The number of sulfonamides is 1. The summed E-state index contributed by atoms with van der Waals surface area (Å²) in [6, 6.07) is 7.09. The molecule has 1 aromatic rings. The van der Waals surface area contributed by atoms with Crippen LogP contribution in [0.3, 0.4) is 0 Å². The summed E-state index contributed by atoms with van der Waals surface area (Å²) in [4.78, 5) is 10.6. The summed E-state index contributed by atoms with van der Waals surface area (Å²) in [7, 11) is -3.22. The van der Waals surface area contributed by atoms with E-state index in [0.29, 0.717) is 25.1 Å². The van der Waals surface area contributed by atoms with Gasteiger partial charge in [0.25, 0.3) is 0 Å². The SMILES string of the molecule is O=C(O)CCc1ccccc1N1CCCS1(=O)=O. The number of hydrogen-bond donors (Lipinski definition) is 1. The monoisotopic (exact) mass is 269 g/mol. The lowest BCUT2D eigenvalue weighted by atomic mass is 10.1. The van der Waals surface area contributed by atoms with Crippen molar-refractivity contribution in [2.24, 2.45) is 0 Å². The van der Waals surface area contributed by atoms with Crippen LogP contribution in [-0.2, 0) is 21.2 Å². The van der Waals surface area contributed by atoms with Crippen molar-refractivity contribution in [3.05, 3.63) is 29.8 Å². The molecule has 0 aromatic heterocycles. The molecule has 98 valence electrons. The van der Waals surface area contributed by atoms with Gasteiger partial charge in [0.2, 0.25) is 10.0 Å². The third-order valence-electron chi connectivity index (χ3n) is 2.97. The maximum Gasteiger partial charge on any atom is 0.303 e. The zero-order valence-corrected chi connectivity index (χ0v) is 10.7. The first-order valence-electron chi connectivity index (χ1n) is 5.81. The van der Waals surface area contributed by atoms with Gasteiger partial charge in [-0.15, -0.1) is 0 Å². The highest BCUT2D eigenvalue weighted by Crippen LogP contribution is 2.28. The third-order valence-corrected chi connectivity index (χ3v) is 4.82. The molecule has 0 atom stereocenters. The van der Waals surface area contributed by atoms with Crippen molar-refractivity contribution >= 4 is 21.7 Å². The number of rotatable bonds is 4. The van der Waals surface area contributed by atoms with Crippen LogP contribution in [0.15, 0.2) is 24.3 Å². The van der Waals surface area contributed by atoms with E-state index < -0.39 is 16.0 Å². The molecule has 6 heteroatoms. The number of carbonyl (C=O) groups is 1. The Labute approximate surface area is 106 Å². The zero-order chi connectivity index (χ0) is 13.2. The molecule has 0 aliphatic carbocycles. The van der Waals surface area contributed by atoms with Crippen molar-refractivity contribution in [1.29, 1.82) is 0 Å². The van der Waals surface area contributed by atoms with Crippen LogP contribution in [0.2, 0.25) is 0 Å². The molecule has 1 aromatic carbocycles. The predicted octanol–water partition coefficient (Wildman–Crippen LogP) is 1.24. The van der Waals surface area contributed by atoms with Crippen LogP contribution in [0, 0.1) is 0 Å². The second kappa shape index (κ2) is 4.97. The second-order valence-electron chi connectivity index (χ2n) is 4.26. The molecule has 0 saturated carbocycles. The van der Waals surface area contributed by atoms with Crippen molar-refractivity contribution in [3.8, 4) is 0 Å². The number of nitrogens with zero attached hydrogens (tertiary/aromatic N) is 1. The van der Waals surface area contributed by atoms with Crippen LogP contribution in [-0.4, -0.2) is 31.8 Å². The molecule has 1 aliphatic rings. The van der Waals surface area contributed by atoms with E-state index in [1.165, 1.54) is 4.31 Å². The average molecular weight is 269 g/mol. The molecule has 1 heterocycles. The standard InChI is InChI=1S/C12H15NO4S/c14-12(15)7-6-10-4-1-2-5-11(10)13-8-3-9-18(13,16)17/h1-2,4-5H,3,6-9H2,(H,14,15). The van der Waals surface area contributed by atoms with Gasteiger partial charge in [-0.05, 0) is 24.5 Å². The van der Waals surface area contributed by atoms with Crippen molar-refractivity contribution in [1.82, 2.24) is 0 Å². The van der Waals surface area contributed by atoms with E-state index in [1.807, 2.05) is 0 Å². The fraction of sp³-hybridized carbons (Fsp3) is 0.417. The third kappa shape index (κ3) is 2.64. The van der Waals surface area contributed by atoms with E-state index in [9.17, 15) is 13.2 Å². The van der Waals surface area contributed by atoms with Gasteiger partial charge >= 0.3 is 5.97 Å². The Balaban J connectivity index is 2.30. The molecule has 2 rings (SSSR count). The van der Waals surface area contributed by atoms with Gasteiger partial charge in [0.15, 0.2) is 0 Å². The van der Waals surface area contributed by atoms with Gasteiger partial charge < -0.3 is 5.11 Å². The van der Waals surface area contributed by atoms with E-state index in [-0.39, 0.29) is 12.2 Å². The summed E-state index contributed by atoms with van der Waals surface area (Å²) in [5.74, 6) is -0.714. The number of para-hydroxylation sites is 1. The lowest BCUT2D eigenvalue weighted by Gasteiger charge is -2.20. The summed E-state index contributed by atoms with van der Waals surface area (Å²) < 4.78 is 25.1. The van der Waals surface area contributed by atoms with Gasteiger partial charge in [-0.1, -0.05) is 18.2 Å². The smallest absolute Gasteiger partial charge is 0.303 e. The summed E-state index contributed by atoms with van der Waals surface area (Å²) in [6.07, 6.45) is 0.970. The van der Waals surface area contributed by atoms with E-state index in [4.69, 9.17) is 5.11 Å². The van der Waals surface area contributed by atoms with Gasteiger partial charge in [-0.2, -0.15) is 0 Å². The Kier molecular flexibility index (Phi) is 3.56. The zero-order valence-electron chi connectivity index (χ0n) is 9.87. The van der Waals surface area contributed by atoms with Gasteiger partial charge in [0.05, 0.1) is 11.4 Å². The molecule has 0 unspecified atom stereocenters. The van der Waals surface area contributed by atoms with Crippen molar-refractivity contribution in [2.45, 2.75) is 19.3 Å². The molecule has 1 fully saturated rings. The van der Waals surface area contributed by atoms with Crippen LogP contribution in [0.25, 0.3) is 0 Å². The minimum Gasteiger partial charge on any atom is -0.481 e. The van der Waals surface area contributed by atoms with Crippen LogP contribution in [0.1, 0.15) is 18.4 Å². The fourth-order valence-electron chi connectivity index (χ4n) is 2.12. The van der Waals surface area contributed by atoms with Gasteiger partial charge in [0.1, 0.15) is 0 Å². The van der Waals surface area contributed by atoms with Crippen molar-refractivity contribution < 1.29 is 18.3 Å². The van der Waals surface area contributed by atoms with Crippen LogP contribution in [0.4, 0.5) is 5.69 Å². The normalized spacial score (nSPS) is 17.9. The number of aryl methyl sites for hydroxylation is 1. The first kappa shape index (κ1) is 12.9.